The van der Waals surface area contributed by atoms with Gasteiger partial charge in [-0.1, -0.05) is 18.7 Å². The van der Waals surface area contributed by atoms with E-state index >= 15 is 0 Å². The van der Waals surface area contributed by atoms with Gasteiger partial charge in [0.1, 0.15) is 5.82 Å². The van der Waals surface area contributed by atoms with Crippen LogP contribution in [0.2, 0.25) is 0 Å². The van der Waals surface area contributed by atoms with Crippen molar-refractivity contribution in [1.82, 2.24) is 10.3 Å². The molecule has 0 radical (unpaired) electrons. The van der Waals surface area contributed by atoms with Crippen LogP contribution in [0.4, 0.5) is 15.8 Å². The van der Waals surface area contributed by atoms with Crippen molar-refractivity contribution in [3.63, 3.8) is 0 Å². The van der Waals surface area contributed by atoms with Gasteiger partial charge in [-0.3, -0.25) is 14.6 Å². The SMILES string of the molecule is C=CC(=O)N(Cc1ccc(C(=O)NCc2cc(F)ccc2N)cc1)c1cccnc1. The van der Waals surface area contributed by atoms with E-state index in [0.29, 0.717) is 29.0 Å². The molecule has 0 aliphatic heterocycles. The van der Waals surface area contributed by atoms with Gasteiger partial charge in [0.05, 0.1) is 18.4 Å². The first kappa shape index (κ1) is 20.7. The average molecular weight is 404 g/mol. The lowest BCUT2D eigenvalue weighted by Crippen LogP contribution is -2.28. The molecule has 0 unspecified atom stereocenters. The first-order valence-electron chi connectivity index (χ1n) is 9.23. The minimum atomic E-state index is -0.412. The van der Waals surface area contributed by atoms with Gasteiger partial charge in [0.15, 0.2) is 0 Å². The highest BCUT2D eigenvalue weighted by Gasteiger charge is 2.14. The van der Waals surface area contributed by atoms with E-state index in [1.807, 2.05) is 0 Å². The fourth-order valence-corrected chi connectivity index (χ4v) is 2.87. The summed E-state index contributed by atoms with van der Waals surface area (Å²) in [5, 5.41) is 2.73. The molecule has 0 saturated carbocycles. The molecule has 0 fully saturated rings. The molecule has 3 rings (SSSR count). The summed E-state index contributed by atoms with van der Waals surface area (Å²) in [6, 6.07) is 14.4. The Kier molecular flexibility index (Phi) is 6.54. The molecule has 2 aromatic carbocycles. The molecule has 0 spiro atoms. The minimum Gasteiger partial charge on any atom is -0.398 e. The van der Waals surface area contributed by atoms with Crippen LogP contribution in [-0.2, 0) is 17.9 Å². The Bertz CT molecular complexity index is 1050. The van der Waals surface area contributed by atoms with E-state index in [-0.39, 0.29) is 18.4 Å². The van der Waals surface area contributed by atoms with Gasteiger partial charge in [-0.15, -0.1) is 0 Å². The van der Waals surface area contributed by atoms with E-state index in [1.54, 1.807) is 53.7 Å². The molecule has 0 saturated heterocycles. The number of nitrogens with two attached hydrogens (primary N) is 1. The Morgan fingerprint density at radius 2 is 1.93 bits per heavy atom. The van der Waals surface area contributed by atoms with E-state index in [1.165, 1.54) is 24.3 Å². The maximum absolute atomic E-state index is 13.3. The van der Waals surface area contributed by atoms with Crippen LogP contribution in [0, 0.1) is 5.82 Å². The molecule has 3 N–H and O–H groups in total. The zero-order chi connectivity index (χ0) is 21.5. The van der Waals surface area contributed by atoms with Gasteiger partial charge in [-0.05, 0) is 59.7 Å². The topological polar surface area (TPSA) is 88.3 Å². The predicted octanol–water partition coefficient (Wildman–Crippen LogP) is 3.45. The smallest absolute Gasteiger partial charge is 0.251 e. The molecule has 1 heterocycles. The van der Waals surface area contributed by atoms with Gasteiger partial charge in [0, 0.05) is 24.0 Å². The molecule has 7 heteroatoms. The van der Waals surface area contributed by atoms with Crippen LogP contribution in [-0.4, -0.2) is 16.8 Å². The van der Waals surface area contributed by atoms with Crippen molar-refractivity contribution in [2.45, 2.75) is 13.1 Å². The van der Waals surface area contributed by atoms with Gasteiger partial charge in [0.25, 0.3) is 11.8 Å². The first-order chi connectivity index (χ1) is 14.5. The summed E-state index contributed by atoms with van der Waals surface area (Å²) in [6.45, 7) is 3.97. The third-order valence-corrected chi connectivity index (χ3v) is 4.50. The molecule has 3 aromatic rings. The van der Waals surface area contributed by atoms with E-state index in [2.05, 4.69) is 16.9 Å². The van der Waals surface area contributed by atoms with Gasteiger partial charge in [0.2, 0.25) is 0 Å². The second kappa shape index (κ2) is 9.47. The number of rotatable bonds is 7. The summed E-state index contributed by atoms with van der Waals surface area (Å²) >= 11 is 0. The number of carbonyl (C=O) groups is 2. The maximum atomic E-state index is 13.3. The highest BCUT2D eigenvalue weighted by atomic mass is 19.1. The van der Waals surface area contributed by atoms with Crippen molar-refractivity contribution in [2.75, 3.05) is 10.6 Å². The molecule has 0 aliphatic carbocycles. The standard InChI is InChI=1S/C23H21FN4O2/c1-2-22(29)28(20-4-3-11-26-14-20)15-16-5-7-17(8-6-16)23(30)27-13-18-12-19(24)9-10-21(18)25/h2-12,14H,1,13,15,25H2,(H,27,30). The number of nitrogens with zero attached hydrogens (tertiary/aromatic N) is 2. The number of benzene rings is 2. The summed E-state index contributed by atoms with van der Waals surface area (Å²) < 4.78 is 13.3. The summed E-state index contributed by atoms with van der Waals surface area (Å²) in [4.78, 5) is 30.2. The number of hydrogen-bond donors (Lipinski definition) is 2. The van der Waals surface area contributed by atoms with Crippen LogP contribution in [0.1, 0.15) is 21.5 Å². The lowest BCUT2D eigenvalue weighted by Gasteiger charge is -2.21. The lowest BCUT2D eigenvalue weighted by atomic mass is 10.1. The third-order valence-electron chi connectivity index (χ3n) is 4.50. The lowest BCUT2D eigenvalue weighted by molar-refractivity contribution is -0.114. The van der Waals surface area contributed by atoms with Crippen LogP contribution in [0.5, 0.6) is 0 Å². The minimum absolute atomic E-state index is 0.118. The van der Waals surface area contributed by atoms with Crippen molar-refractivity contribution in [2.24, 2.45) is 0 Å². The number of nitrogens with one attached hydrogen (secondary N) is 1. The van der Waals surface area contributed by atoms with Crippen molar-refractivity contribution in [3.05, 3.63) is 102 Å². The molecule has 30 heavy (non-hydrogen) atoms. The number of carbonyl (C=O) groups excluding carboxylic acids is 2. The number of pyridine rings is 1. The van der Waals surface area contributed by atoms with Crippen molar-refractivity contribution in [3.8, 4) is 0 Å². The quantitative estimate of drug-likeness (QED) is 0.466. The average Bonchev–Trinajstić information content (AvgIpc) is 2.78. The number of hydrogen-bond acceptors (Lipinski definition) is 4. The van der Waals surface area contributed by atoms with Gasteiger partial charge < -0.3 is 16.0 Å². The number of amides is 2. The molecule has 0 atom stereocenters. The maximum Gasteiger partial charge on any atom is 0.251 e. The van der Waals surface area contributed by atoms with E-state index < -0.39 is 5.82 Å². The van der Waals surface area contributed by atoms with E-state index in [0.717, 1.165) is 5.56 Å². The van der Waals surface area contributed by atoms with Crippen LogP contribution in [0.25, 0.3) is 0 Å². The summed E-state index contributed by atoms with van der Waals surface area (Å²) in [6.07, 6.45) is 4.47. The van der Waals surface area contributed by atoms with Crippen molar-refractivity contribution >= 4 is 23.2 Å². The summed E-state index contributed by atoms with van der Waals surface area (Å²) in [5.74, 6) is -0.973. The van der Waals surface area contributed by atoms with Crippen molar-refractivity contribution < 1.29 is 14.0 Å². The highest BCUT2D eigenvalue weighted by molar-refractivity contribution is 6.00. The van der Waals surface area contributed by atoms with Crippen LogP contribution in [0.3, 0.4) is 0 Å². The Morgan fingerprint density at radius 3 is 2.60 bits per heavy atom. The number of aromatic nitrogens is 1. The van der Waals surface area contributed by atoms with Crippen molar-refractivity contribution in [1.29, 1.82) is 0 Å². The number of halogens is 1. The molecule has 0 aliphatic rings. The molecule has 152 valence electrons. The fraction of sp³-hybridized carbons (Fsp3) is 0.0870. The molecule has 2 amide bonds. The largest absolute Gasteiger partial charge is 0.398 e. The Morgan fingerprint density at radius 1 is 1.17 bits per heavy atom. The molecular formula is C23H21FN4O2. The van der Waals surface area contributed by atoms with Crippen LogP contribution >= 0.6 is 0 Å². The molecule has 6 nitrogen and oxygen atoms in total. The normalized spacial score (nSPS) is 10.3. The van der Waals surface area contributed by atoms with Gasteiger partial charge in [-0.2, -0.15) is 0 Å². The third kappa shape index (κ3) is 5.08. The molecule has 0 bridgehead atoms. The first-order valence-corrected chi connectivity index (χ1v) is 9.23. The Hall–Kier alpha value is -4.00. The Balaban J connectivity index is 1.67. The van der Waals surface area contributed by atoms with Gasteiger partial charge in [-0.25, -0.2) is 4.39 Å². The fourth-order valence-electron chi connectivity index (χ4n) is 2.87. The monoisotopic (exact) mass is 404 g/mol. The second-order valence-electron chi connectivity index (χ2n) is 6.56. The molecular weight excluding hydrogens is 383 g/mol. The van der Waals surface area contributed by atoms with E-state index in [9.17, 15) is 14.0 Å². The molecule has 1 aromatic heterocycles. The zero-order valence-electron chi connectivity index (χ0n) is 16.2. The summed E-state index contributed by atoms with van der Waals surface area (Å²) in [5.41, 5.74) is 8.65. The van der Waals surface area contributed by atoms with E-state index in [4.69, 9.17) is 5.73 Å². The van der Waals surface area contributed by atoms with Gasteiger partial charge >= 0.3 is 0 Å². The number of nitrogen functional groups attached to an aromatic ring is 1. The van der Waals surface area contributed by atoms with Crippen LogP contribution in [0.15, 0.2) is 79.6 Å². The highest BCUT2D eigenvalue weighted by Crippen LogP contribution is 2.17. The predicted molar refractivity (Wildman–Crippen MR) is 114 cm³/mol. The zero-order valence-corrected chi connectivity index (χ0v) is 16.2. The summed E-state index contributed by atoms with van der Waals surface area (Å²) in [7, 11) is 0. The second-order valence-corrected chi connectivity index (χ2v) is 6.56. The number of anilines is 2. The Labute approximate surface area is 173 Å². The van der Waals surface area contributed by atoms with Crippen LogP contribution < -0.4 is 16.0 Å².